The van der Waals surface area contributed by atoms with Crippen molar-refractivity contribution in [2.45, 2.75) is 32.6 Å². The maximum absolute atomic E-state index is 12.4. The van der Waals surface area contributed by atoms with E-state index in [1.165, 1.54) is 17.7 Å². The van der Waals surface area contributed by atoms with E-state index in [-0.39, 0.29) is 23.0 Å². The van der Waals surface area contributed by atoms with E-state index in [4.69, 9.17) is 0 Å². The SMILES string of the molecule is CC(C)(C)c1ccc2cc(C(=O)NCCCNC(=O)c3cccc(O)c3)[nH]c2c1. The molecule has 0 aliphatic carbocycles. The van der Waals surface area contributed by atoms with Gasteiger partial charge in [0.1, 0.15) is 11.4 Å². The van der Waals surface area contributed by atoms with Gasteiger partial charge in [-0.3, -0.25) is 9.59 Å². The van der Waals surface area contributed by atoms with E-state index in [0.29, 0.717) is 30.8 Å². The lowest BCUT2D eigenvalue weighted by Gasteiger charge is -2.18. The number of phenolic OH excluding ortho intramolecular Hbond substituents is 1. The van der Waals surface area contributed by atoms with E-state index in [2.05, 4.69) is 48.5 Å². The Morgan fingerprint density at radius 3 is 2.38 bits per heavy atom. The average molecular weight is 393 g/mol. The Hall–Kier alpha value is -3.28. The highest BCUT2D eigenvalue weighted by molar-refractivity contribution is 5.98. The summed E-state index contributed by atoms with van der Waals surface area (Å²) in [6, 6.07) is 14.2. The van der Waals surface area contributed by atoms with Gasteiger partial charge in [0.15, 0.2) is 0 Å². The number of amides is 2. The molecular formula is C23H27N3O3. The first-order valence-corrected chi connectivity index (χ1v) is 9.73. The molecule has 29 heavy (non-hydrogen) atoms. The summed E-state index contributed by atoms with van der Waals surface area (Å²) in [6.45, 7) is 7.34. The van der Waals surface area contributed by atoms with Crippen molar-refractivity contribution >= 4 is 22.7 Å². The van der Waals surface area contributed by atoms with Crippen molar-refractivity contribution in [1.29, 1.82) is 0 Å². The van der Waals surface area contributed by atoms with Crippen LogP contribution in [0.15, 0.2) is 48.5 Å². The van der Waals surface area contributed by atoms with Crippen LogP contribution in [0.5, 0.6) is 5.75 Å². The molecule has 2 amide bonds. The number of carbonyl (C=O) groups is 2. The fourth-order valence-corrected chi connectivity index (χ4v) is 3.05. The molecule has 0 saturated heterocycles. The molecule has 1 aromatic heterocycles. The molecule has 3 rings (SSSR count). The van der Waals surface area contributed by atoms with Gasteiger partial charge in [-0.15, -0.1) is 0 Å². The number of rotatable bonds is 6. The number of aromatic amines is 1. The summed E-state index contributed by atoms with van der Waals surface area (Å²) in [5.74, 6) is -0.367. The Morgan fingerprint density at radius 1 is 0.966 bits per heavy atom. The first-order valence-electron chi connectivity index (χ1n) is 9.73. The van der Waals surface area contributed by atoms with E-state index >= 15 is 0 Å². The number of carbonyl (C=O) groups excluding carboxylic acids is 2. The Labute approximate surface area is 170 Å². The van der Waals surface area contributed by atoms with Gasteiger partial charge in [0.05, 0.1) is 0 Å². The molecule has 1 heterocycles. The summed E-state index contributed by atoms with van der Waals surface area (Å²) in [5.41, 5.74) is 3.13. The fraction of sp³-hybridized carbons (Fsp3) is 0.304. The molecule has 0 aliphatic heterocycles. The van der Waals surface area contributed by atoms with Crippen molar-refractivity contribution in [2.75, 3.05) is 13.1 Å². The van der Waals surface area contributed by atoms with Crippen molar-refractivity contribution < 1.29 is 14.7 Å². The highest BCUT2D eigenvalue weighted by Gasteiger charge is 2.15. The number of hydrogen-bond acceptors (Lipinski definition) is 3. The minimum absolute atomic E-state index is 0.0463. The van der Waals surface area contributed by atoms with E-state index in [0.717, 1.165) is 10.9 Å². The number of fused-ring (bicyclic) bond motifs is 1. The molecule has 0 bridgehead atoms. The topological polar surface area (TPSA) is 94.2 Å². The van der Waals surface area contributed by atoms with Crippen molar-refractivity contribution in [3.63, 3.8) is 0 Å². The summed E-state index contributed by atoms with van der Waals surface area (Å²) in [7, 11) is 0. The molecule has 0 atom stereocenters. The second kappa shape index (κ2) is 8.39. The summed E-state index contributed by atoms with van der Waals surface area (Å²) >= 11 is 0. The summed E-state index contributed by atoms with van der Waals surface area (Å²) in [6.07, 6.45) is 0.602. The molecule has 152 valence electrons. The van der Waals surface area contributed by atoms with Gasteiger partial charge < -0.3 is 20.7 Å². The molecule has 4 N–H and O–H groups in total. The van der Waals surface area contributed by atoms with Gasteiger partial charge in [-0.05, 0) is 47.7 Å². The standard InChI is InChI=1S/C23H27N3O3/c1-23(2,3)17-9-8-15-13-20(26-19(15)14-17)22(29)25-11-5-10-24-21(28)16-6-4-7-18(27)12-16/h4,6-9,12-14,26-27H,5,10-11H2,1-3H3,(H,24,28)(H,25,29). The smallest absolute Gasteiger partial charge is 0.267 e. The molecule has 0 fully saturated rings. The number of H-pyrrole nitrogens is 1. The van der Waals surface area contributed by atoms with Gasteiger partial charge >= 0.3 is 0 Å². The largest absolute Gasteiger partial charge is 0.508 e. The van der Waals surface area contributed by atoms with Gasteiger partial charge in [-0.25, -0.2) is 0 Å². The minimum Gasteiger partial charge on any atom is -0.508 e. The third kappa shape index (κ3) is 5.16. The van der Waals surface area contributed by atoms with Crippen LogP contribution < -0.4 is 10.6 Å². The van der Waals surface area contributed by atoms with Crippen LogP contribution in [0.1, 0.15) is 53.6 Å². The average Bonchev–Trinajstić information content (AvgIpc) is 3.10. The third-order valence-corrected chi connectivity index (χ3v) is 4.77. The van der Waals surface area contributed by atoms with Gasteiger partial charge in [0.25, 0.3) is 11.8 Å². The van der Waals surface area contributed by atoms with Gasteiger partial charge in [0, 0.05) is 29.6 Å². The van der Waals surface area contributed by atoms with E-state index in [1.54, 1.807) is 12.1 Å². The Kier molecular flexibility index (Phi) is 5.92. The van der Waals surface area contributed by atoms with Gasteiger partial charge in [0.2, 0.25) is 0 Å². The number of aromatic hydroxyl groups is 1. The van der Waals surface area contributed by atoms with E-state index in [1.807, 2.05) is 12.1 Å². The Bertz CT molecular complexity index is 1030. The van der Waals surface area contributed by atoms with Crippen LogP contribution in [0.25, 0.3) is 10.9 Å². The first-order chi connectivity index (χ1) is 13.7. The quantitative estimate of drug-likeness (QED) is 0.481. The monoisotopic (exact) mass is 393 g/mol. The highest BCUT2D eigenvalue weighted by atomic mass is 16.3. The molecule has 0 radical (unpaired) electrons. The van der Waals surface area contributed by atoms with Crippen molar-refractivity contribution in [3.8, 4) is 5.75 Å². The zero-order valence-electron chi connectivity index (χ0n) is 17.0. The normalized spacial score (nSPS) is 11.4. The summed E-state index contributed by atoms with van der Waals surface area (Å²) in [4.78, 5) is 27.6. The molecule has 0 spiro atoms. The van der Waals surface area contributed by atoms with Gasteiger partial charge in [-0.1, -0.05) is 39.0 Å². The molecule has 0 unspecified atom stereocenters. The Morgan fingerprint density at radius 2 is 1.69 bits per heavy atom. The molecule has 0 saturated carbocycles. The van der Waals surface area contributed by atoms with E-state index < -0.39 is 0 Å². The zero-order chi connectivity index (χ0) is 21.0. The lowest BCUT2D eigenvalue weighted by Crippen LogP contribution is -2.30. The van der Waals surface area contributed by atoms with Crippen LogP contribution in [0, 0.1) is 0 Å². The number of phenols is 1. The highest BCUT2D eigenvalue weighted by Crippen LogP contribution is 2.26. The van der Waals surface area contributed by atoms with Crippen LogP contribution in [-0.4, -0.2) is 35.0 Å². The lowest BCUT2D eigenvalue weighted by atomic mass is 9.87. The molecule has 3 aromatic rings. The minimum atomic E-state index is -0.252. The second-order valence-corrected chi connectivity index (χ2v) is 8.15. The van der Waals surface area contributed by atoms with Crippen LogP contribution in [0.3, 0.4) is 0 Å². The van der Waals surface area contributed by atoms with Crippen molar-refractivity contribution in [3.05, 3.63) is 65.4 Å². The summed E-state index contributed by atoms with van der Waals surface area (Å²) in [5, 5.41) is 16.1. The number of nitrogens with one attached hydrogen (secondary N) is 3. The fourth-order valence-electron chi connectivity index (χ4n) is 3.05. The molecule has 0 aliphatic rings. The first kappa shape index (κ1) is 20.5. The van der Waals surface area contributed by atoms with Crippen LogP contribution in [0.4, 0.5) is 0 Å². The van der Waals surface area contributed by atoms with E-state index in [9.17, 15) is 14.7 Å². The number of benzene rings is 2. The van der Waals surface area contributed by atoms with Crippen molar-refractivity contribution in [1.82, 2.24) is 15.6 Å². The number of aromatic nitrogens is 1. The molecule has 6 heteroatoms. The predicted molar refractivity (Wildman–Crippen MR) is 114 cm³/mol. The predicted octanol–water partition coefficient (Wildman–Crippen LogP) is 3.72. The van der Waals surface area contributed by atoms with Gasteiger partial charge in [-0.2, -0.15) is 0 Å². The lowest BCUT2D eigenvalue weighted by molar-refractivity contribution is 0.0948. The maximum atomic E-state index is 12.4. The Balaban J connectivity index is 1.49. The second-order valence-electron chi connectivity index (χ2n) is 8.15. The molecule has 2 aromatic carbocycles. The maximum Gasteiger partial charge on any atom is 0.267 e. The number of hydrogen-bond donors (Lipinski definition) is 4. The third-order valence-electron chi connectivity index (χ3n) is 4.77. The van der Waals surface area contributed by atoms with Crippen LogP contribution >= 0.6 is 0 Å². The molecule has 6 nitrogen and oxygen atoms in total. The summed E-state index contributed by atoms with van der Waals surface area (Å²) < 4.78 is 0. The van der Waals surface area contributed by atoms with Crippen LogP contribution in [-0.2, 0) is 5.41 Å². The van der Waals surface area contributed by atoms with Crippen LogP contribution in [0.2, 0.25) is 0 Å². The zero-order valence-corrected chi connectivity index (χ0v) is 17.0. The van der Waals surface area contributed by atoms with Crippen molar-refractivity contribution in [2.24, 2.45) is 0 Å². The molecular weight excluding hydrogens is 366 g/mol.